The van der Waals surface area contributed by atoms with Gasteiger partial charge in [0.1, 0.15) is 22.6 Å². The van der Waals surface area contributed by atoms with E-state index in [9.17, 15) is 29.4 Å². The Morgan fingerprint density at radius 1 is 0.480 bits per heavy atom. The topological polar surface area (TPSA) is 201 Å². The third-order valence-corrected chi connectivity index (χ3v) is 7.57. The van der Waals surface area contributed by atoms with Crippen molar-refractivity contribution in [3.05, 3.63) is 23.3 Å². The summed E-state index contributed by atoms with van der Waals surface area (Å²) >= 11 is 0. The van der Waals surface area contributed by atoms with Crippen molar-refractivity contribution < 1.29 is 76.8 Å². The molecule has 4 aromatic rings. The molecule has 0 bridgehead atoms. The molecule has 2 N–H and O–H groups in total. The van der Waals surface area contributed by atoms with Crippen LogP contribution in [0.15, 0.2) is 12.1 Å². The van der Waals surface area contributed by atoms with Gasteiger partial charge in [-0.25, -0.2) is 9.59 Å². The number of ether oxygens (including phenoxy) is 10. The molecule has 0 heterocycles. The molecule has 0 unspecified atom stereocenters. The van der Waals surface area contributed by atoms with Gasteiger partial charge in [0.05, 0.1) is 67.7 Å². The highest BCUT2D eigenvalue weighted by molar-refractivity contribution is 6.22. The summed E-state index contributed by atoms with van der Waals surface area (Å²) < 4.78 is 54.6. The molecule has 0 aliphatic rings. The van der Waals surface area contributed by atoms with Crippen molar-refractivity contribution in [1.82, 2.24) is 0 Å². The van der Waals surface area contributed by atoms with Crippen molar-refractivity contribution in [2.75, 3.05) is 56.9 Å². The summed E-state index contributed by atoms with van der Waals surface area (Å²) in [5, 5.41) is 23.9. The molecule has 16 nitrogen and oxygen atoms in total. The quantitative estimate of drug-likeness (QED) is 0.163. The van der Waals surface area contributed by atoms with E-state index >= 15 is 0 Å². The number of hydrogen-bond acceptors (Lipinski definition) is 16. The third kappa shape index (κ3) is 5.73. The van der Waals surface area contributed by atoms with E-state index in [0.29, 0.717) is 0 Å². The molecule has 0 saturated heterocycles. The Labute approximate surface area is 284 Å². The number of benzene rings is 4. The van der Waals surface area contributed by atoms with Gasteiger partial charge in [0.2, 0.25) is 11.5 Å². The number of esters is 4. The molecule has 0 aliphatic carbocycles. The average molecular weight is 699 g/mol. The van der Waals surface area contributed by atoms with Crippen molar-refractivity contribution in [3.8, 4) is 68.6 Å². The molecule has 0 aromatic heterocycles. The second-order valence-corrected chi connectivity index (χ2v) is 10.2. The van der Waals surface area contributed by atoms with Gasteiger partial charge >= 0.3 is 23.9 Å². The Morgan fingerprint density at radius 3 is 1.04 bits per heavy atom. The zero-order chi connectivity index (χ0) is 37.2. The van der Waals surface area contributed by atoms with Gasteiger partial charge in [-0.2, -0.15) is 0 Å². The molecule has 4 rings (SSSR count). The number of phenolic OH excluding ortho intramolecular Hbond substituents is 2. The van der Waals surface area contributed by atoms with Crippen molar-refractivity contribution in [2.24, 2.45) is 0 Å². The van der Waals surface area contributed by atoms with Crippen LogP contribution in [0.3, 0.4) is 0 Å². The summed E-state index contributed by atoms with van der Waals surface area (Å²) in [6, 6.07) is 2.70. The number of carbonyl (C=O) groups excluding carboxylic acids is 4. The fraction of sp³-hybridized carbons (Fsp3) is 0.294. The Morgan fingerprint density at radius 2 is 0.800 bits per heavy atom. The van der Waals surface area contributed by atoms with Crippen LogP contribution in [0.1, 0.15) is 34.6 Å². The van der Waals surface area contributed by atoms with E-state index in [4.69, 9.17) is 47.4 Å². The summed E-state index contributed by atoms with van der Waals surface area (Å²) in [4.78, 5) is 51.8. The second kappa shape index (κ2) is 14.4. The Hall–Kier alpha value is -6.32. The zero-order valence-corrected chi connectivity index (χ0v) is 28.8. The van der Waals surface area contributed by atoms with Crippen LogP contribution in [-0.4, -0.2) is 91.0 Å². The van der Waals surface area contributed by atoms with Gasteiger partial charge < -0.3 is 57.6 Å². The molecule has 50 heavy (non-hydrogen) atoms. The van der Waals surface area contributed by atoms with Crippen LogP contribution in [0.2, 0.25) is 0 Å². The number of phenols is 2. The van der Waals surface area contributed by atoms with E-state index in [-0.39, 0.29) is 67.2 Å². The minimum atomic E-state index is -1.18. The summed E-state index contributed by atoms with van der Waals surface area (Å²) in [7, 11) is 9.81. The zero-order valence-electron chi connectivity index (χ0n) is 28.8. The van der Waals surface area contributed by atoms with E-state index in [2.05, 4.69) is 0 Å². The normalized spacial score (nSPS) is 10.7. The number of fused-ring (bicyclic) bond motifs is 2. The second-order valence-electron chi connectivity index (χ2n) is 10.2. The largest absolute Gasteiger partial charge is 0.506 e. The fourth-order valence-corrected chi connectivity index (χ4v) is 5.71. The summed E-state index contributed by atoms with van der Waals surface area (Å²) in [6.45, 7) is 2.12. The van der Waals surface area contributed by atoms with Crippen molar-refractivity contribution >= 4 is 45.4 Å². The number of aromatic hydroxyl groups is 2. The highest BCUT2D eigenvalue weighted by Crippen LogP contribution is 2.60. The lowest BCUT2D eigenvalue weighted by molar-refractivity contribution is -0.132. The Balaban J connectivity index is 2.57. The molecular formula is C34H34O16. The summed E-state index contributed by atoms with van der Waals surface area (Å²) in [5.41, 5.74) is -2.07. The number of methoxy groups -OCH3 is 8. The Bertz CT molecular complexity index is 1920. The maximum atomic E-state index is 13.4. The molecule has 0 radical (unpaired) electrons. The van der Waals surface area contributed by atoms with Gasteiger partial charge in [0, 0.05) is 35.7 Å². The van der Waals surface area contributed by atoms with E-state index in [1.54, 1.807) is 0 Å². The monoisotopic (exact) mass is 698 g/mol. The molecule has 0 spiro atoms. The van der Waals surface area contributed by atoms with Crippen LogP contribution < -0.4 is 37.9 Å². The van der Waals surface area contributed by atoms with Gasteiger partial charge in [-0.1, -0.05) is 0 Å². The van der Waals surface area contributed by atoms with Crippen LogP contribution in [0.4, 0.5) is 0 Å². The van der Waals surface area contributed by atoms with Crippen LogP contribution >= 0.6 is 0 Å². The van der Waals surface area contributed by atoms with E-state index in [1.165, 1.54) is 54.8 Å². The fourth-order valence-electron chi connectivity index (χ4n) is 5.71. The summed E-state index contributed by atoms with van der Waals surface area (Å²) in [5.74, 6) is -7.14. The first kappa shape index (κ1) is 36.5. The first-order chi connectivity index (χ1) is 23.8. The number of rotatable bonds is 11. The van der Waals surface area contributed by atoms with Crippen LogP contribution in [-0.2, 0) is 19.1 Å². The van der Waals surface area contributed by atoms with Crippen molar-refractivity contribution in [1.29, 1.82) is 0 Å². The highest BCUT2D eigenvalue weighted by Gasteiger charge is 2.37. The van der Waals surface area contributed by atoms with Gasteiger partial charge in [-0.05, 0) is 12.1 Å². The maximum Gasteiger partial charge on any atom is 0.345 e. The van der Waals surface area contributed by atoms with Gasteiger partial charge in [0.25, 0.3) is 0 Å². The molecule has 0 atom stereocenters. The molecular weight excluding hydrogens is 664 g/mol. The molecule has 0 amide bonds. The van der Waals surface area contributed by atoms with Crippen LogP contribution in [0, 0.1) is 0 Å². The smallest absolute Gasteiger partial charge is 0.345 e. The summed E-state index contributed by atoms with van der Waals surface area (Å²) in [6.07, 6.45) is 0. The van der Waals surface area contributed by atoms with E-state index in [0.717, 1.165) is 28.1 Å². The third-order valence-electron chi connectivity index (χ3n) is 7.57. The number of hydrogen-bond donors (Lipinski definition) is 2. The first-order valence-electron chi connectivity index (χ1n) is 14.4. The average Bonchev–Trinajstić information content (AvgIpc) is 3.09. The first-order valence-corrected chi connectivity index (χ1v) is 14.4. The van der Waals surface area contributed by atoms with E-state index < -0.39 is 58.0 Å². The SMILES string of the molecule is COC(=O)c1c(O)c(-c2c(O)c(C(=O)OC)c(OC(C)=O)c3c(OC)c(OC)c(OC)cc23)c2cc(OC)c(OC)c(OC)c2c1OC(C)=O. The lowest BCUT2D eigenvalue weighted by Gasteiger charge is -2.25. The molecule has 266 valence electrons. The molecule has 0 aliphatic heterocycles. The minimum absolute atomic E-state index is 0.00836. The maximum absolute atomic E-state index is 13.4. The van der Waals surface area contributed by atoms with Crippen molar-refractivity contribution in [2.45, 2.75) is 13.8 Å². The highest BCUT2D eigenvalue weighted by atomic mass is 16.6. The molecule has 0 saturated carbocycles. The van der Waals surface area contributed by atoms with Gasteiger partial charge in [0.15, 0.2) is 34.5 Å². The lowest BCUT2D eigenvalue weighted by atomic mass is 9.86. The predicted molar refractivity (Wildman–Crippen MR) is 175 cm³/mol. The molecule has 16 heteroatoms. The Kier molecular flexibility index (Phi) is 10.5. The molecule has 0 fully saturated rings. The predicted octanol–water partition coefficient (Wildman–Crippen LogP) is 4.55. The lowest BCUT2D eigenvalue weighted by Crippen LogP contribution is -2.13. The molecule has 4 aromatic carbocycles. The van der Waals surface area contributed by atoms with Crippen LogP contribution in [0.5, 0.6) is 57.5 Å². The van der Waals surface area contributed by atoms with Crippen LogP contribution in [0.25, 0.3) is 32.7 Å². The van der Waals surface area contributed by atoms with Crippen molar-refractivity contribution in [3.63, 3.8) is 0 Å². The van der Waals surface area contributed by atoms with Gasteiger partial charge in [-0.3, -0.25) is 9.59 Å². The minimum Gasteiger partial charge on any atom is -0.506 e. The van der Waals surface area contributed by atoms with Gasteiger partial charge in [-0.15, -0.1) is 0 Å². The van der Waals surface area contributed by atoms with E-state index in [1.807, 2.05) is 0 Å². The number of carbonyl (C=O) groups is 4. The standard InChI is InChI=1S/C34H34O16/c1-13(35)49-29-21-15(11-17(41-3)27(43-5)31(21)45-7)19(25(37)23(29)33(39)47-9)20-16-12-18(42-4)28(44-6)32(46-8)22(16)30(50-14(2)36)24(26(20)38)34(40)48-10/h11-12,37-38H,1-10H3.